The van der Waals surface area contributed by atoms with E-state index in [9.17, 15) is 13.2 Å². The number of hydrogen-bond donors (Lipinski definition) is 1. The van der Waals surface area contributed by atoms with Gasteiger partial charge < -0.3 is 5.32 Å². The molecule has 0 radical (unpaired) electrons. The summed E-state index contributed by atoms with van der Waals surface area (Å²) in [5.41, 5.74) is 0.403. The molecule has 1 rings (SSSR count). The quantitative estimate of drug-likeness (QED) is 0.723. The number of halogens is 3. The van der Waals surface area contributed by atoms with E-state index in [-0.39, 0.29) is 0 Å². The molecule has 1 N–H and O–H groups in total. The van der Waals surface area contributed by atoms with E-state index in [0.29, 0.717) is 6.04 Å². The summed E-state index contributed by atoms with van der Waals surface area (Å²) in [5.74, 6) is 0. The van der Waals surface area contributed by atoms with Gasteiger partial charge in [-0.1, -0.05) is 26.0 Å². The van der Waals surface area contributed by atoms with Crippen LogP contribution in [-0.2, 0) is 12.6 Å². The summed E-state index contributed by atoms with van der Waals surface area (Å²) in [6, 6.07) is 6.03. The molecule has 0 bridgehead atoms. The Morgan fingerprint density at radius 1 is 1.10 bits per heavy atom. The molecule has 0 aliphatic heterocycles. The minimum Gasteiger partial charge on any atom is -0.314 e. The van der Waals surface area contributed by atoms with Crippen LogP contribution in [0.25, 0.3) is 0 Å². The van der Waals surface area contributed by atoms with Gasteiger partial charge in [0.2, 0.25) is 0 Å². The fraction of sp³-hybridized carbons (Fsp3) is 0.625. The van der Waals surface area contributed by atoms with Crippen molar-refractivity contribution in [2.24, 2.45) is 0 Å². The van der Waals surface area contributed by atoms with Crippen molar-refractivity contribution in [3.63, 3.8) is 0 Å². The first-order valence-corrected chi connectivity index (χ1v) is 7.36. The second-order valence-electron chi connectivity index (χ2n) is 5.15. The number of aryl methyl sites for hydroxylation is 1. The number of alkyl halides is 3. The van der Waals surface area contributed by atoms with Gasteiger partial charge in [-0.05, 0) is 56.3 Å². The third kappa shape index (κ3) is 5.95. The molecule has 114 valence electrons. The fourth-order valence-corrected chi connectivity index (χ4v) is 2.21. The van der Waals surface area contributed by atoms with Gasteiger partial charge in [-0.25, -0.2) is 0 Å². The maximum atomic E-state index is 12.4. The maximum Gasteiger partial charge on any atom is 0.416 e. The van der Waals surface area contributed by atoms with E-state index >= 15 is 0 Å². The molecule has 0 saturated carbocycles. The fourth-order valence-electron chi connectivity index (χ4n) is 2.21. The van der Waals surface area contributed by atoms with Crippen molar-refractivity contribution < 1.29 is 13.2 Å². The molecule has 20 heavy (non-hydrogen) atoms. The summed E-state index contributed by atoms with van der Waals surface area (Å²) < 4.78 is 37.3. The van der Waals surface area contributed by atoms with E-state index in [4.69, 9.17) is 0 Å². The third-order valence-corrected chi connectivity index (χ3v) is 3.48. The zero-order chi connectivity index (χ0) is 15.0. The molecule has 0 spiro atoms. The van der Waals surface area contributed by atoms with Crippen molar-refractivity contribution in [2.75, 3.05) is 6.54 Å². The summed E-state index contributed by atoms with van der Waals surface area (Å²) in [6.45, 7) is 5.33. The molecule has 0 amide bonds. The summed E-state index contributed by atoms with van der Waals surface area (Å²) in [7, 11) is 0. The first kappa shape index (κ1) is 17.0. The van der Waals surface area contributed by atoms with Crippen LogP contribution in [0.2, 0.25) is 0 Å². The molecule has 0 aliphatic carbocycles. The Hall–Kier alpha value is -1.03. The highest BCUT2D eigenvalue weighted by Gasteiger charge is 2.29. The first-order valence-electron chi connectivity index (χ1n) is 7.36. The van der Waals surface area contributed by atoms with E-state index in [1.54, 1.807) is 12.1 Å². The minimum absolute atomic E-state index is 0.518. The topological polar surface area (TPSA) is 12.0 Å². The van der Waals surface area contributed by atoms with Gasteiger partial charge in [0.15, 0.2) is 0 Å². The van der Waals surface area contributed by atoms with Gasteiger partial charge in [-0.15, -0.1) is 0 Å². The molecular formula is C16H24F3N. The maximum absolute atomic E-state index is 12.4. The molecule has 1 aromatic rings. The normalized spacial score (nSPS) is 13.4. The summed E-state index contributed by atoms with van der Waals surface area (Å²) in [6.07, 6.45) is 0.874. The number of rotatable bonds is 8. The highest BCUT2D eigenvalue weighted by Crippen LogP contribution is 2.29. The molecule has 1 unspecified atom stereocenters. The Bertz CT molecular complexity index is 370. The second kappa shape index (κ2) is 8.30. The molecule has 1 nitrogen and oxygen atoms in total. The molecule has 1 atom stereocenters. The summed E-state index contributed by atoms with van der Waals surface area (Å²) >= 11 is 0. The molecule has 0 aromatic heterocycles. The van der Waals surface area contributed by atoms with Gasteiger partial charge >= 0.3 is 6.18 Å². The van der Waals surface area contributed by atoms with Crippen LogP contribution in [0.1, 0.15) is 50.7 Å². The van der Waals surface area contributed by atoms with Crippen molar-refractivity contribution in [3.8, 4) is 0 Å². The standard InChI is InChI=1S/C16H24F3N/c1-3-12-20-15(4-2)7-5-6-13-8-10-14(11-9-13)16(17,18)19/h8-11,15,20H,3-7,12H2,1-2H3. The van der Waals surface area contributed by atoms with Gasteiger partial charge in [0.1, 0.15) is 0 Å². The monoisotopic (exact) mass is 287 g/mol. The van der Waals surface area contributed by atoms with Crippen LogP contribution in [-0.4, -0.2) is 12.6 Å². The molecule has 0 heterocycles. The van der Waals surface area contributed by atoms with E-state index in [2.05, 4.69) is 19.2 Å². The molecule has 4 heteroatoms. The lowest BCUT2D eigenvalue weighted by Crippen LogP contribution is -2.29. The largest absolute Gasteiger partial charge is 0.416 e. The summed E-state index contributed by atoms with van der Waals surface area (Å²) in [4.78, 5) is 0. The summed E-state index contributed by atoms with van der Waals surface area (Å²) in [5, 5.41) is 3.49. The van der Waals surface area contributed by atoms with Crippen molar-refractivity contribution >= 4 is 0 Å². The van der Waals surface area contributed by atoms with Crippen molar-refractivity contribution in [1.29, 1.82) is 0 Å². The average Bonchev–Trinajstić information content (AvgIpc) is 2.42. The van der Waals surface area contributed by atoms with Crippen LogP contribution in [0.3, 0.4) is 0 Å². The van der Waals surface area contributed by atoms with E-state index < -0.39 is 11.7 Å². The van der Waals surface area contributed by atoms with Crippen LogP contribution in [0, 0.1) is 0 Å². The lowest BCUT2D eigenvalue weighted by molar-refractivity contribution is -0.137. The number of benzene rings is 1. The van der Waals surface area contributed by atoms with Crippen molar-refractivity contribution in [1.82, 2.24) is 5.32 Å². The lowest BCUT2D eigenvalue weighted by atomic mass is 10.0. The van der Waals surface area contributed by atoms with Crippen molar-refractivity contribution in [2.45, 2.75) is 58.2 Å². The van der Waals surface area contributed by atoms with E-state index in [1.807, 2.05) is 0 Å². The van der Waals surface area contributed by atoms with Crippen LogP contribution >= 0.6 is 0 Å². The Morgan fingerprint density at radius 3 is 2.25 bits per heavy atom. The van der Waals surface area contributed by atoms with Crippen molar-refractivity contribution in [3.05, 3.63) is 35.4 Å². The molecule has 0 saturated heterocycles. The van der Waals surface area contributed by atoms with Gasteiger partial charge in [-0.3, -0.25) is 0 Å². The van der Waals surface area contributed by atoms with Gasteiger partial charge in [0.25, 0.3) is 0 Å². The van der Waals surface area contributed by atoms with Gasteiger partial charge in [0, 0.05) is 6.04 Å². The van der Waals surface area contributed by atoms with Crippen LogP contribution in [0.15, 0.2) is 24.3 Å². The molecule has 0 aliphatic rings. The Balaban J connectivity index is 2.38. The SMILES string of the molecule is CCCNC(CC)CCCc1ccc(C(F)(F)F)cc1. The first-order chi connectivity index (χ1) is 9.47. The third-order valence-electron chi connectivity index (χ3n) is 3.48. The molecular weight excluding hydrogens is 263 g/mol. The van der Waals surface area contributed by atoms with Crippen LogP contribution < -0.4 is 5.32 Å². The Kier molecular flexibility index (Phi) is 7.06. The highest BCUT2D eigenvalue weighted by atomic mass is 19.4. The van der Waals surface area contributed by atoms with Crippen LogP contribution in [0.5, 0.6) is 0 Å². The van der Waals surface area contributed by atoms with E-state index in [0.717, 1.165) is 44.2 Å². The average molecular weight is 287 g/mol. The van der Waals surface area contributed by atoms with Gasteiger partial charge in [-0.2, -0.15) is 13.2 Å². The molecule has 1 aromatic carbocycles. The Labute approximate surface area is 119 Å². The highest BCUT2D eigenvalue weighted by molar-refractivity contribution is 5.24. The number of nitrogens with one attached hydrogen (secondary N) is 1. The number of hydrogen-bond acceptors (Lipinski definition) is 1. The Morgan fingerprint density at radius 2 is 1.75 bits per heavy atom. The zero-order valence-corrected chi connectivity index (χ0v) is 12.3. The minimum atomic E-state index is -4.24. The lowest BCUT2D eigenvalue weighted by Gasteiger charge is -2.16. The molecule has 0 fully saturated rings. The predicted octanol–water partition coefficient (Wildman–Crippen LogP) is 4.81. The predicted molar refractivity (Wildman–Crippen MR) is 76.8 cm³/mol. The zero-order valence-electron chi connectivity index (χ0n) is 12.3. The van der Waals surface area contributed by atoms with Crippen LogP contribution in [0.4, 0.5) is 13.2 Å². The second-order valence-corrected chi connectivity index (χ2v) is 5.15. The smallest absolute Gasteiger partial charge is 0.314 e. The van der Waals surface area contributed by atoms with Gasteiger partial charge in [0.05, 0.1) is 5.56 Å². The van der Waals surface area contributed by atoms with E-state index in [1.165, 1.54) is 12.1 Å².